The molecule has 1 aromatic carbocycles. The molecule has 3 heterocycles. The van der Waals surface area contributed by atoms with E-state index in [9.17, 15) is 13.9 Å². The van der Waals surface area contributed by atoms with Crippen molar-refractivity contribution in [2.45, 2.75) is 50.7 Å². The maximum Gasteiger partial charge on any atom is 0.319 e. The van der Waals surface area contributed by atoms with Crippen molar-refractivity contribution in [3.63, 3.8) is 0 Å². The number of nitrogens with zero attached hydrogens (tertiary/aromatic N) is 3. The van der Waals surface area contributed by atoms with Crippen LogP contribution in [0.1, 0.15) is 39.0 Å². The molecule has 33 heavy (non-hydrogen) atoms. The number of hydrogen-bond acceptors (Lipinski definition) is 7. The minimum absolute atomic E-state index is 0.117. The molecule has 0 bridgehead atoms. The molecule has 0 radical (unpaired) electrons. The normalized spacial score (nSPS) is 22.2. The first-order chi connectivity index (χ1) is 15.6. The lowest BCUT2D eigenvalue weighted by Crippen LogP contribution is -2.46. The van der Waals surface area contributed by atoms with Gasteiger partial charge in [-0.15, -0.1) is 0 Å². The zero-order valence-corrected chi connectivity index (χ0v) is 20.4. The van der Waals surface area contributed by atoms with Gasteiger partial charge < -0.3 is 20.3 Å². The molecule has 1 aromatic heterocycles. The van der Waals surface area contributed by atoms with E-state index in [1.54, 1.807) is 0 Å². The third-order valence-electron chi connectivity index (χ3n) is 6.27. The van der Waals surface area contributed by atoms with Crippen molar-refractivity contribution in [2.75, 3.05) is 36.5 Å². The van der Waals surface area contributed by atoms with Crippen LogP contribution in [0.25, 0.3) is 11.4 Å². The predicted molar refractivity (Wildman–Crippen MR) is 132 cm³/mol. The maximum absolute atomic E-state index is 11.8. The second kappa shape index (κ2) is 9.09. The van der Waals surface area contributed by atoms with Crippen molar-refractivity contribution in [1.82, 2.24) is 15.3 Å². The van der Waals surface area contributed by atoms with Gasteiger partial charge in [0.15, 0.2) is 5.82 Å². The van der Waals surface area contributed by atoms with Crippen molar-refractivity contribution in [3.05, 3.63) is 35.5 Å². The SMILES string of the molecule is CCNC(=O)Nc1ccc(-c2nc3c(c(N4CCOCC4C)n2)CS(O)(O)C(C)(C)C3)cc1. The molecule has 0 aliphatic carbocycles. The van der Waals surface area contributed by atoms with Crippen molar-refractivity contribution in [1.29, 1.82) is 0 Å². The molecule has 2 aromatic rings. The molecular weight excluding hydrogens is 442 g/mol. The van der Waals surface area contributed by atoms with Crippen molar-refractivity contribution < 1.29 is 18.6 Å². The smallest absolute Gasteiger partial charge is 0.319 e. The molecule has 2 aliphatic rings. The van der Waals surface area contributed by atoms with Crippen LogP contribution in [0.2, 0.25) is 0 Å². The molecule has 1 fully saturated rings. The zero-order valence-electron chi connectivity index (χ0n) is 19.6. The summed E-state index contributed by atoms with van der Waals surface area (Å²) in [6.45, 7) is 10.1. The number of aromatic nitrogens is 2. The summed E-state index contributed by atoms with van der Waals surface area (Å²) in [4.78, 5) is 23.8. The lowest BCUT2D eigenvalue weighted by atomic mass is 10.0. The molecular formula is C23H33N5O4S. The molecule has 1 atom stereocenters. The summed E-state index contributed by atoms with van der Waals surface area (Å²) < 4.78 is 26.7. The molecule has 2 amide bonds. The largest absolute Gasteiger partial charge is 0.377 e. The van der Waals surface area contributed by atoms with E-state index in [1.165, 1.54) is 0 Å². The maximum atomic E-state index is 11.8. The minimum Gasteiger partial charge on any atom is -0.377 e. The highest BCUT2D eigenvalue weighted by Crippen LogP contribution is 2.60. The van der Waals surface area contributed by atoms with Gasteiger partial charge in [-0.3, -0.25) is 9.11 Å². The second-order valence-corrected chi connectivity index (χ2v) is 12.0. The highest BCUT2D eigenvalue weighted by Gasteiger charge is 2.42. The Morgan fingerprint density at radius 2 is 2.00 bits per heavy atom. The van der Waals surface area contributed by atoms with Gasteiger partial charge in [-0.2, -0.15) is 10.6 Å². The number of hydrogen-bond donors (Lipinski definition) is 4. The summed E-state index contributed by atoms with van der Waals surface area (Å²) in [5.74, 6) is 1.50. The topological polar surface area (TPSA) is 120 Å². The van der Waals surface area contributed by atoms with Crippen molar-refractivity contribution in [3.8, 4) is 11.4 Å². The van der Waals surface area contributed by atoms with E-state index in [0.29, 0.717) is 44.2 Å². The molecule has 4 rings (SSSR count). The van der Waals surface area contributed by atoms with E-state index >= 15 is 0 Å². The standard InChI is InChI=1S/C23H33N5O4S/c1-5-24-22(29)25-17-8-6-16(7-9-17)20-26-19-12-23(3,4)33(30,31)14-18(19)21(27-20)28-10-11-32-13-15(28)2/h6-9,15,30-31H,5,10-14H2,1-4H3,(H2,24,25,29). The fourth-order valence-corrected chi connectivity index (χ4v) is 5.63. The van der Waals surface area contributed by atoms with E-state index in [2.05, 4.69) is 22.5 Å². The third kappa shape index (κ3) is 4.79. The van der Waals surface area contributed by atoms with Crippen LogP contribution < -0.4 is 15.5 Å². The molecule has 0 spiro atoms. The number of morpholine rings is 1. The second-order valence-electron chi connectivity index (χ2n) is 9.22. The first-order valence-electron chi connectivity index (χ1n) is 11.3. The Balaban J connectivity index is 1.74. The van der Waals surface area contributed by atoms with Crippen molar-refractivity contribution in [2.24, 2.45) is 0 Å². The molecule has 180 valence electrons. The van der Waals surface area contributed by atoms with Crippen LogP contribution >= 0.6 is 10.6 Å². The van der Waals surface area contributed by atoms with Crippen LogP contribution in [0.3, 0.4) is 0 Å². The Labute approximate surface area is 196 Å². The molecule has 0 saturated carbocycles. The number of nitrogens with one attached hydrogen (secondary N) is 2. The van der Waals surface area contributed by atoms with Crippen LogP contribution in [0.5, 0.6) is 0 Å². The molecule has 2 aliphatic heterocycles. The molecule has 1 saturated heterocycles. The first-order valence-corrected chi connectivity index (χ1v) is 13.0. The molecule has 4 N–H and O–H groups in total. The van der Waals surface area contributed by atoms with Gasteiger partial charge in [-0.05, 0) is 52.0 Å². The summed E-state index contributed by atoms with van der Waals surface area (Å²) in [5.41, 5.74) is 3.19. The molecule has 9 nitrogen and oxygen atoms in total. The van der Waals surface area contributed by atoms with Gasteiger partial charge in [-0.25, -0.2) is 14.8 Å². The number of carbonyl (C=O) groups is 1. The lowest BCUT2D eigenvalue weighted by molar-refractivity contribution is 0.0984. The van der Waals surface area contributed by atoms with E-state index in [0.717, 1.165) is 22.6 Å². The lowest BCUT2D eigenvalue weighted by Gasteiger charge is -2.50. The Morgan fingerprint density at radius 3 is 2.67 bits per heavy atom. The number of amides is 2. The van der Waals surface area contributed by atoms with E-state index < -0.39 is 15.3 Å². The van der Waals surface area contributed by atoms with Crippen LogP contribution in [0, 0.1) is 0 Å². The van der Waals surface area contributed by atoms with Gasteiger partial charge >= 0.3 is 6.03 Å². The van der Waals surface area contributed by atoms with Gasteiger partial charge in [-0.1, -0.05) is 0 Å². The Kier molecular flexibility index (Phi) is 6.54. The number of fused-ring (bicyclic) bond motifs is 1. The van der Waals surface area contributed by atoms with Gasteiger partial charge in [0.25, 0.3) is 0 Å². The van der Waals surface area contributed by atoms with Gasteiger partial charge in [0.05, 0.1) is 35.4 Å². The van der Waals surface area contributed by atoms with Crippen LogP contribution in [0.4, 0.5) is 16.3 Å². The number of benzene rings is 1. The quantitative estimate of drug-likeness (QED) is 0.526. The number of carbonyl (C=O) groups excluding carboxylic acids is 1. The number of urea groups is 1. The monoisotopic (exact) mass is 475 g/mol. The summed E-state index contributed by atoms with van der Waals surface area (Å²) >= 11 is 0. The summed E-state index contributed by atoms with van der Waals surface area (Å²) in [7, 11) is -2.84. The van der Waals surface area contributed by atoms with Crippen LogP contribution in [-0.2, 0) is 16.9 Å². The van der Waals surface area contributed by atoms with E-state index in [-0.39, 0.29) is 17.8 Å². The summed E-state index contributed by atoms with van der Waals surface area (Å²) in [6, 6.07) is 7.29. The molecule has 1 unspecified atom stereocenters. The third-order valence-corrected chi connectivity index (χ3v) is 8.88. The average Bonchev–Trinajstić information content (AvgIpc) is 2.75. The highest BCUT2D eigenvalue weighted by atomic mass is 32.3. The van der Waals surface area contributed by atoms with Gasteiger partial charge in [0.2, 0.25) is 0 Å². The zero-order chi connectivity index (χ0) is 23.8. The fraction of sp³-hybridized carbons (Fsp3) is 0.522. The summed E-state index contributed by atoms with van der Waals surface area (Å²) in [6.07, 6.45) is 0.461. The number of anilines is 2. The van der Waals surface area contributed by atoms with E-state index in [1.807, 2.05) is 45.0 Å². The number of ether oxygens (including phenoxy) is 1. The van der Waals surface area contributed by atoms with E-state index in [4.69, 9.17) is 14.7 Å². The Morgan fingerprint density at radius 1 is 1.27 bits per heavy atom. The molecule has 10 heteroatoms. The predicted octanol–water partition coefficient (Wildman–Crippen LogP) is 4.10. The highest BCUT2D eigenvalue weighted by molar-refractivity contribution is 8.24. The average molecular weight is 476 g/mol. The first kappa shape index (κ1) is 23.7. The van der Waals surface area contributed by atoms with Crippen molar-refractivity contribution >= 4 is 28.1 Å². The van der Waals surface area contributed by atoms with Crippen LogP contribution in [0.15, 0.2) is 24.3 Å². The van der Waals surface area contributed by atoms with Gasteiger partial charge in [0, 0.05) is 36.3 Å². The number of rotatable bonds is 4. The summed E-state index contributed by atoms with van der Waals surface area (Å²) in [5, 5.41) is 5.50. The Hall–Kier alpha value is -2.40. The minimum atomic E-state index is -2.84. The fourth-order valence-electron chi connectivity index (χ4n) is 4.17. The Bertz CT molecular complexity index is 1030. The van der Waals surface area contributed by atoms with Gasteiger partial charge in [0.1, 0.15) is 5.82 Å². The van der Waals surface area contributed by atoms with Crippen LogP contribution in [-0.4, -0.2) is 62.2 Å².